The van der Waals surface area contributed by atoms with E-state index in [1.165, 1.54) is 0 Å². The summed E-state index contributed by atoms with van der Waals surface area (Å²) in [5.74, 6) is -1.06. The monoisotopic (exact) mass is 319 g/mol. The molecule has 21 heavy (non-hydrogen) atoms. The Morgan fingerprint density at radius 2 is 2.00 bits per heavy atom. The summed E-state index contributed by atoms with van der Waals surface area (Å²) in [5.41, 5.74) is 1.89. The maximum Gasteiger partial charge on any atom is 0.234 e. The molecule has 3 nitrogen and oxygen atoms in total. The summed E-state index contributed by atoms with van der Waals surface area (Å²) in [7, 11) is 0. The quantitative estimate of drug-likeness (QED) is 0.859. The van der Waals surface area contributed by atoms with Crippen LogP contribution in [0, 0.1) is 6.92 Å². The van der Waals surface area contributed by atoms with Gasteiger partial charge in [-0.3, -0.25) is 14.9 Å². The fourth-order valence-corrected chi connectivity index (χ4v) is 4.18. The Morgan fingerprint density at radius 3 is 2.67 bits per heavy atom. The minimum absolute atomic E-state index is 0.147. The molecule has 108 valence electrons. The maximum atomic E-state index is 12.4. The van der Waals surface area contributed by atoms with Crippen molar-refractivity contribution >= 4 is 34.8 Å². The number of carbonyl (C=O) groups is 2. The molecule has 2 unspecified atom stereocenters. The van der Waals surface area contributed by atoms with E-state index in [0.717, 1.165) is 16.0 Å². The molecule has 1 saturated heterocycles. The molecule has 1 aromatic carbocycles. The van der Waals surface area contributed by atoms with Crippen molar-refractivity contribution in [3.63, 3.8) is 0 Å². The highest BCUT2D eigenvalue weighted by molar-refractivity contribution is 7.10. The third-order valence-corrected chi connectivity index (χ3v) is 5.33. The van der Waals surface area contributed by atoms with Crippen molar-refractivity contribution in [2.24, 2.45) is 0 Å². The molecular formula is C16H14ClNO2S. The second-order valence-electron chi connectivity index (χ2n) is 5.19. The summed E-state index contributed by atoms with van der Waals surface area (Å²) in [4.78, 5) is 25.3. The first-order valence-corrected chi connectivity index (χ1v) is 7.96. The number of hydrogen-bond donors (Lipinski definition) is 1. The first-order valence-electron chi connectivity index (χ1n) is 6.70. The Hall–Kier alpha value is -1.65. The molecule has 0 aliphatic carbocycles. The lowest BCUT2D eigenvalue weighted by atomic mass is 9.79. The molecule has 5 heteroatoms. The molecule has 0 saturated carbocycles. The van der Waals surface area contributed by atoms with E-state index < -0.39 is 5.92 Å². The molecule has 0 spiro atoms. The molecule has 1 N–H and O–H groups in total. The summed E-state index contributed by atoms with van der Waals surface area (Å²) < 4.78 is 0. The van der Waals surface area contributed by atoms with Crippen LogP contribution in [-0.2, 0) is 9.59 Å². The number of benzene rings is 1. The third-order valence-electron chi connectivity index (χ3n) is 3.83. The molecule has 2 atom stereocenters. The van der Waals surface area contributed by atoms with Crippen LogP contribution in [0.5, 0.6) is 0 Å². The van der Waals surface area contributed by atoms with Gasteiger partial charge in [0.15, 0.2) is 0 Å². The number of nitrogens with one attached hydrogen (secondary N) is 1. The summed E-state index contributed by atoms with van der Waals surface area (Å²) in [6.07, 6.45) is 0.309. The number of aryl methyl sites for hydroxylation is 1. The van der Waals surface area contributed by atoms with Crippen LogP contribution in [0.3, 0.4) is 0 Å². The molecule has 1 fully saturated rings. The number of imide groups is 1. The molecule has 1 aliphatic rings. The average molecular weight is 320 g/mol. The summed E-state index contributed by atoms with van der Waals surface area (Å²) >= 11 is 7.85. The van der Waals surface area contributed by atoms with E-state index in [9.17, 15) is 9.59 Å². The predicted octanol–water partition coefficient (Wildman–Crippen LogP) is 3.62. The van der Waals surface area contributed by atoms with E-state index in [-0.39, 0.29) is 17.7 Å². The Labute approximate surface area is 131 Å². The zero-order valence-corrected chi connectivity index (χ0v) is 13.0. The molecule has 3 rings (SSSR count). The molecule has 0 bridgehead atoms. The standard InChI is InChI=1S/C16H14ClNO2S/c1-9-6-7-21-15(9)11-8-13(19)18-16(20)14(11)10-4-2-3-5-12(10)17/h2-7,11,14H,8H2,1H3,(H,18,19,20). The highest BCUT2D eigenvalue weighted by Gasteiger charge is 2.39. The summed E-state index contributed by atoms with van der Waals surface area (Å²) in [6, 6.07) is 9.35. The topological polar surface area (TPSA) is 46.2 Å². The van der Waals surface area contributed by atoms with Crippen molar-refractivity contribution in [1.82, 2.24) is 5.32 Å². The van der Waals surface area contributed by atoms with Gasteiger partial charge in [-0.25, -0.2) is 0 Å². The van der Waals surface area contributed by atoms with E-state index in [0.29, 0.717) is 11.4 Å². The summed E-state index contributed by atoms with van der Waals surface area (Å²) in [6.45, 7) is 2.01. The molecular weight excluding hydrogens is 306 g/mol. The molecule has 1 aliphatic heterocycles. The van der Waals surface area contributed by atoms with Gasteiger partial charge in [0, 0.05) is 22.2 Å². The Balaban J connectivity index is 2.10. The van der Waals surface area contributed by atoms with Crippen LogP contribution in [-0.4, -0.2) is 11.8 Å². The second-order valence-corrected chi connectivity index (χ2v) is 6.54. The number of rotatable bonds is 2. The van der Waals surface area contributed by atoms with Gasteiger partial charge in [0.25, 0.3) is 0 Å². The molecule has 0 radical (unpaired) electrons. The van der Waals surface area contributed by atoms with E-state index in [1.54, 1.807) is 17.4 Å². The number of amides is 2. The first kappa shape index (κ1) is 14.3. The van der Waals surface area contributed by atoms with Gasteiger partial charge in [-0.2, -0.15) is 0 Å². The fraction of sp³-hybridized carbons (Fsp3) is 0.250. The second kappa shape index (κ2) is 5.62. The van der Waals surface area contributed by atoms with E-state index in [1.807, 2.05) is 36.6 Å². The zero-order valence-electron chi connectivity index (χ0n) is 11.4. The zero-order chi connectivity index (χ0) is 15.0. The number of hydrogen-bond acceptors (Lipinski definition) is 3. The van der Waals surface area contributed by atoms with Gasteiger partial charge in [-0.15, -0.1) is 11.3 Å². The van der Waals surface area contributed by atoms with E-state index in [2.05, 4.69) is 5.32 Å². The van der Waals surface area contributed by atoms with Gasteiger partial charge in [-0.1, -0.05) is 29.8 Å². The van der Waals surface area contributed by atoms with Crippen molar-refractivity contribution in [2.45, 2.75) is 25.2 Å². The lowest BCUT2D eigenvalue weighted by Gasteiger charge is -2.30. The smallest absolute Gasteiger partial charge is 0.234 e. The first-order chi connectivity index (χ1) is 10.1. The maximum absolute atomic E-state index is 12.4. The van der Waals surface area contributed by atoms with Crippen LogP contribution < -0.4 is 5.32 Å². The van der Waals surface area contributed by atoms with Crippen LogP contribution in [0.2, 0.25) is 5.02 Å². The van der Waals surface area contributed by atoms with Crippen LogP contribution >= 0.6 is 22.9 Å². The van der Waals surface area contributed by atoms with Gasteiger partial charge in [0.05, 0.1) is 5.92 Å². The van der Waals surface area contributed by atoms with E-state index >= 15 is 0 Å². The normalized spacial score (nSPS) is 22.2. The van der Waals surface area contributed by atoms with Crippen molar-refractivity contribution < 1.29 is 9.59 Å². The lowest BCUT2D eigenvalue weighted by molar-refractivity contribution is -0.135. The highest BCUT2D eigenvalue weighted by Crippen LogP contribution is 2.43. The molecule has 1 aromatic heterocycles. The van der Waals surface area contributed by atoms with Crippen molar-refractivity contribution in [3.8, 4) is 0 Å². The van der Waals surface area contributed by atoms with Crippen LogP contribution in [0.15, 0.2) is 35.7 Å². The predicted molar refractivity (Wildman–Crippen MR) is 83.8 cm³/mol. The van der Waals surface area contributed by atoms with Gasteiger partial charge in [-0.05, 0) is 35.6 Å². The Morgan fingerprint density at radius 1 is 1.24 bits per heavy atom. The SMILES string of the molecule is Cc1ccsc1C1CC(=O)NC(=O)C1c1ccccc1Cl. The fourth-order valence-electron chi connectivity index (χ4n) is 2.86. The minimum atomic E-state index is -0.422. The van der Waals surface area contributed by atoms with Gasteiger partial charge in [0.1, 0.15) is 0 Å². The van der Waals surface area contributed by atoms with Crippen LogP contribution in [0.4, 0.5) is 0 Å². The molecule has 2 amide bonds. The molecule has 2 heterocycles. The van der Waals surface area contributed by atoms with Crippen molar-refractivity contribution in [2.75, 3.05) is 0 Å². The highest BCUT2D eigenvalue weighted by atomic mass is 35.5. The third kappa shape index (κ3) is 2.61. The Kier molecular flexibility index (Phi) is 3.83. The van der Waals surface area contributed by atoms with Crippen molar-refractivity contribution in [1.29, 1.82) is 0 Å². The number of halogens is 1. The lowest BCUT2D eigenvalue weighted by Crippen LogP contribution is -2.43. The van der Waals surface area contributed by atoms with Gasteiger partial charge in [0.2, 0.25) is 11.8 Å². The van der Waals surface area contributed by atoms with Crippen LogP contribution in [0.25, 0.3) is 0 Å². The van der Waals surface area contributed by atoms with Gasteiger partial charge < -0.3 is 0 Å². The van der Waals surface area contributed by atoms with Crippen molar-refractivity contribution in [3.05, 3.63) is 56.7 Å². The largest absolute Gasteiger partial charge is 0.296 e. The van der Waals surface area contributed by atoms with Gasteiger partial charge >= 0.3 is 0 Å². The minimum Gasteiger partial charge on any atom is -0.296 e. The Bertz CT molecular complexity index is 710. The number of piperidine rings is 1. The number of thiophene rings is 1. The van der Waals surface area contributed by atoms with Crippen LogP contribution in [0.1, 0.15) is 34.3 Å². The van der Waals surface area contributed by atoms with E-state index in [4.69, 9.17) is 11.6 Å². The molecule has 2 aromatic rings. The summed E-state index contributed by atoms with van der Waals surface area (Å²) in [5, 5.41) is 4.99. The number of carbonyl (C=O) groups excluding carboxylic acids is 2. The average Bonchev–Trinajstić information content (AvgIpc) is 2.85.